The van der Waals surface area contributed by atoms with Gasteiger partial charge in [-0.1, -0.05) is 17.7 Å². The van der Waals surface area contributed by atoms with E-state index < -0.39 is 0 Å². The Kier molecular flexibility index (Phi) is 3.35. The van der Waals surface area contributed by atoms with Crippen LogP contribution in [0.25, 0.3) is 0 Å². The number of aromatic nitrogens is 1. The number of nitrogens with two attached hydrogens (primary N) is 1. The molecular weight excluding hydrogens is 250 g/mol. The van der Waals surface area contributed by atoms with Gasteiger partial charge in [0.15, 0.2) is 0 Å². The molecule has 0 spiro atoms. The number of anilines is 1. The molecule has 4 nitrogen and oxygen atoms in total. The highest BCUT2D eigenvalue weighted by atomic mass is 35.5. The third kappa shape index (κ3) is 2.36. The summed E-state index contributed by atoms with van der Waals surface area (Å²) in [5.74, 6) is 0. The molecule has 90 valence electrons. The molecule has 0 amide bonds. The number of nitrogen functional groups attached to an aromatic ring is 1. The molecule has 0 saturated heterocycles. The van der Waals surface area contributed by atoms with Gasteiger partial charge in [-0.2, -0.15) is 5.26 Å². The second kappa shape index (κ2) is 4.94. The number of benzene rings is 1. The van der Waals surface area contributed by atoms with Crippen molar-refractivity contribution in [1.82, 2.24) is 4.57 Å². The largest absolute Gasteiger partial charge is 0.394 e. The van der Waals surface area contributed by atoms with E-state index in [0.29, 0.717) is 17.1 Å². The molecule has 0 radical (unpaired) electrons. The third-order valence-corrected chi connectivity index (χ3v) is 2.92. The Hall–Kier alpha value is -2.25. The fraction of sp³-hybridized carbons (Fsp3) is 0.0769. The van der Waals surface area contributed by atoms with Crippen LogP contribution in [-0.4, -0.2) is 4.57 Å². The Balaban J connectivity index is 2.38. The summed E-state index contributed by atoms with van der Waals surface area (Å²) in [4.78, 5) is 11.8. The Morgan fingerprint density at radius 3 is 2.83 bits per heavy atom. The molecule has 0 unspecified atom stereocenters. The van der Waals surface area contributed by atoms with Gasteiger partial charge in [-0.3, -0.25) is 4.79 Å². The molecule has 0 atom stereocenters. The van der Waals surface area contributed by atoms with Gasteiger partial charge >= 0.3 is 0 Å². The second-order valence-electron chi connectivity index (χ2n) is 3.81. The predicted octanol–water partition coefficient (Wildman–Crippen LogP) is 2.00. The van der Waals surface area contributed by atoms with E-state index in [-0.39, 0.29) is 11.2 Å². The minimum Gasteiger partial charge on any atom is -0.394 e. The van der Waals surface area contributed by atoms with Gasteiger partial charge in [-0.05, 0) is 29.8 Å². The van der Waals surface area contributed by atoms with Crippen molar-refractivity contribution in [3.63, 3.8) is 0 Å². The maximum Gasteiger partial charge on any atom is 0.273 e. The lowest BCUT2D eigenvalue weighted by Crippen LogP contribution is -2.22. The van der Waals surface area contributed by atoms with Crippen molar-refractivity contribution in [3.8, 4) is 6.07 Å². The minimum absolute atomic E-state index is 0.197. The second-order valence-corrected chi connectivity index (χ2v) is 4.22. The van der Waals surface area contributed by atoms with Crippen LogP contribution in [0.2, 0.25) is 5.02 Å². The highest BCUT2D eigenvalue weighted by Gasteiger charge is 2.05. The summed E-state index contributed by atoms with van der Waals surface area (Å²) < 4.78 is 1.47. The molecular formula is C13H10ClN3O. The van der Waals surface area contributed by atoms with Gasteiger partial charge in [0.1, 0.15) is 0 Å². The monoisotopic (exact) mass is 259 g/mol. The molecule has 1 heterocycles. The van der Waals surface area contributed by atoms with Gasteiger partial charge < -0.3 is 10.3 Å². The van der Waals surface area contributed by atoms with Gasteiger partial charge in [0, 0.05) is 11.2 Å². The molecule has 18 heavy (non-hydrogen) atoms. The van der Waals surface area contributed by atoms with Crippen molar-refractivity contribution in [2.75, 3.05) is 5.73 Å². The van der Waals surface area contributed by atoms with E-state index in [0.717, 1.165) is 5.56 Å². The van der Waals surface area contributed by atoms with E-state index in [2.05, 4.69) is 0 Å². The van der Waals surface area contributed by atoms with Crippen molar-refractivity contribution in [1.29, 1.82) is 5.26 Å². The van der Waals surface area contributed by atoms with Crippen LogP contribution < -0.4 is 11.3 Å². The summed E-state index contributed by atoms with van der Waals surface area (Å²) in [5.41, 5.74) is 6.75. The van der Waals surface area contributed by atoms with E-state index in [1.54, 1.807) is 36.5 Å². The number of hydrogen-bond acceptors (Lipinski definition) is 3. The molecule has 2 rings (SSSR count). The maximum atomic E-state index is 11.8. The van der Waals surface area contributed by atoms with Crippen molar-refractivity contribution < 1.29 is 0 Å². The highest BCUT2D eigenvalue weighted by Crippen LogP contribution is 2.18. The van der Waals surface area contributed by atoms with Crippen LogP contribution in [0, 0.1) is 11.3 Å². The average Bonchev–Trinajstić information content (AvgIpc) is 2.37. The summed E-state index contributed by atoms with van der Waals surface area (Å²) in [5, 5.41) is 9.20. The fourth-order valence-corrected chi connectivity index (χ4v) is 1.85. The zero-order valence-electron chi connectivity index (χ0n) is 9.43. The van der Waals surface area contributed by atoms with Gasteiger partial charge in [0.2, 0.25) is 0 Å². The number of nitriles is 1. The topological polar surface area (TPSA) is 71.8 Å². The Morgan fingerprint density at radius 1 is 1.39 bits per heavy atom. The molecule has 0 aliphatic rings. The first-order valence-electron chi connectivity index (χ1n) is 5.25. The summed E-state index contributed by atoms with van der Waals surface area (Å²) in [7, 11) is 0. The van der Waals surface area contributed by atoms with Crippen molar-refractivity contribution in [2.45, 2.75) is 6.54 Å². The lowest BCUT2D eigenvalue weighted by atomic mass is 10.1. The lowest BCUT2D eigenvalue weighted by Gasteiger charge is -2.08. The SMILES string of the molecule is N#Cc1ccc(Cn2cccc(N)c2=O)c(Cl)c1. The zero-order valence-corrected chi connectivity index (χ0v) is 10.2. The number of hydrogen-bond donors (Lipinski definition) is 1. The smallest absolute Gasteiger partial charge is 0.273 e. The quantitative estimate of drug-likeness (QED) is 0.897. The molecule has 0 aliphatic carbocycles. The summed E-state index contributed by atoms with van der Waals surface area (Å²) in [6.07, 6.45) is 1.65. The molecule has 0 fully saturated rings. The Bertz CT molecular complexity index is 685. The number of nitrogens with zero attached hydrogens (tertiary/aromatic N) is 2. The standard InChI is InChI=1S/C13H10ClN3O/c14-11-6-9(7-15)3-4-10(11)8-17-5-1-2-12(16)13(17)18/h1-6H,8,16H2. The Labute approximate surface area is 109 Å². The van der Waals surface area contributed by atoms with Crippen LogP contribution >= 0.6 is 11.6 Å². The van der Waals surface area contributed by atoms with E-state index in [1.807, 2.05) is 6.07 Å². The molecule has 1 aromatic carbocycles. The van der Waals surface area contributed by atoms with Crippen LogP contribution in [0.4, 0.5) is 5.69 Å². The first-order chi connectivity index (χ1) is 8.61. The fourth-order valence-electron chi connectivity index (χ4n) is 1.61. The van der Waals surface area contributed by atoms with E-state index in [9.17, 15) is 4.79 Å². The van der Waals surface area contributed by atoms with Crippen LogP contribution in [-0.2, 0) is 6.54 Å². The number of pyridine rings is 1. The minimum atomic E-state index is -0.252. The van der Waals surface area contributed by atoms with Gasteiger partial charge in [0.05, 0.1) is 23.9 Å². The van der Waals surface area contributed by atoms with E-state index in [4.69, 9.17) is 22.6 Å². The van der Waals surface area contributed by atoms with Crippen LogP contribution in [0.5, 0.6) is 0 Å². The van der Waals surface area contributed by atoms with Crippen molar-refractivity contribution >= 4 is 17.3 Å². The lowest BCUT2D eigenvalue weighted by molar-refractivity contribution is 0.762. The molecule has 1 aromatic heterocycles. The van der Waals surface area contributed by atoms with Gasteiger partial charge in [-0.15, -0.1) is 0 Å². The Morgan fingerprint density at radius 2 is 2.17 bits per heavy atom. The number of rotatable bonds is 2. The first-order valence-corrected chi connectivity index (χ1v) is 5.63. The predicted molar refractivity (Wildman–Crippen MR) is 70.4 cm³/mol. The van der Waals surface area contributed by atoms with Crippen LogP contribution in [0.15, 0.2) is 41.3 Å². The van der Waals surface area contributed by atoms with Gasteiger partial charge in [-0.25, -0.2) is 0 Å². The molecule has 0 bridgehead atoms. The summed E-state index contributed by atoms with van der Waals surface area (Å²) in [6, 6.07) is 10.2. The molecule has 5 heteroatoms. The molecule has 2 N–H and O–H groups in total. The molecule has 0 saturated carbocycles. The average molecular weight is 260 g/mol. The van der Waals surface area contributed by atoms with Crippen molar-refractivity contribution in [3.05, 3.63) is 63.0 Å². The van der Waals surface area contributed by atoms with Gasteiger partial charge in [0.25, 0.3) is 5.56 Å². The maximum absolute atomic E-state index is 11.8. The van der Waals surface area contributed by atoms with E-state index in [1.165, 1.54) is 4.57 Å². The normalized spacial score (nSPS) is 10.0. The summed E-state index contributed by atoms with van der Waals surface area (Å²) in [6.45, 7) is 0.328. The molecule has 0 aliphatic heterocycles. The zero-order chi connectivity index (χ0) is 13.1. The van der Waals surface area contributed by atoms with Crippen LogP contribution in [0.1, 0.15) is 11.1 Å². The summed E-state index contributed by atoms with van der Waals surface area (Å²) >= 11 is 6.05. The first kappa shape index (κ1) is 12.2. The van der Waals surface area contributed by atoms with Crippen molar-refractivity contribution in [2.24, 2.45) is 0 Å². The van der Waals surface area contributed by atoms with Crippen LogP contribution in [0.3, 0.4) is 0 Å². The highest BCUT2D eigenvalue weighted by molar-refractivity contribution is 6.31. The number of halogens is 1. The molecule has 2 aromatic rings. The third-order valence-electron chi connectivity index (χ3n) is 2.57. The van der Waals surface area contributed by atoms with E-state index >= 15 is 0 Å².